The number of anilines is 3. The number of carbonyl (C=O) groups is 2. The number of aromatic nitrogens is 2. The molecule has 0 aliphatic heterocycles. The van der Waals surface area contributed by atoms with Crippen LogP contribution in [-0.2, 0) is 4.79 Å². The minimum absolute atomic E-state index is 0.337. The van der Waals surface area contributed by atoms with E-state index in [-0.39, 0.29) is 0 Å². The fourth-order valence-electron chi connectivity index (χ4n) is 2.40. The number of hydrogen-bond acceptors (Lipinski definition) is 3. The van der Waals surface area contributed by atoms with Crippen molar-refractivity contribution in [1.82, 2.24) is 9.38 Å². The second kappa shape index (κ2) is 7.99. The number of amides is 3. The number of fused-ring (bicyclic) bond motifs is 1. The molecule has 0 fully saturated rings. The van der Waals surface area contributed by atoms with Crippen LogP contribution in [0.1, 0.15) is 12.8 Å². The molecule has 0 aliphatic rings. The first kappa shape index (κ1) is 19.2. The van der Waals surface area contributed by atoms with E-state index < -0.39 is 31.0 Å². The van der Waals surface area contributed by atoms with Gasteiger partial charge in [0.15, 0.2) is 0 Å². The Morgan fingerprint density at radius 2 is 1.54 bits per heavy atom. The summed E-state index contributed by atoms with van der Waals surface area (Å²) in [6, 6.07) is 9.02. The quantitative estimate of drug-likeness (QED) is 0.607. The Kier molecular flexibility index (Phi) is 5.48. The number of nitrogens with zero attached hydrogens (tertiary/aromatic N) is 2. The molecule has 0 atom stereocenters. The Morgan fingerprint density at radius 3 is 2.21 bits per heavy atom. The molecule has 0 radical (unpaired) electrons. The maximum Gasteiger partial charge on any atom is 0.389 e. The second-order valence-electron chi connectivity index (χ2n) is 5.93. The number of alkyl halides is 3. The van der Waals surface area contributed by atoms with Crippen LogP contribution < -0.4 is 16.0 Å². The highest BCUT2D eigenvalue weighted by Crippen LogP contribution is 2.22. The standard InChI is InChI=1S/C18H16F3N5O2/c19-18(20,21)8-7-16(27)23-12-1-3-13(4-2-12)24-17(28)25-14-5-6-15-22-9-10-26(15)11-14/h1-6,9-11H,7-8H2,(H,23,27)(H2,24,25,28). The minimum atomic E-state index is -4.37. The van der Waals surface area contributed by atoms with Gasteiger partial charge in [0, 0.05) is 36.4 Å². The van der Waals surface area contributed by atoms with E-state index in [1.807, 2.05) is 0 Å². The van der Waals surface area contributed by atoms with E-state index in [1.54, 1.807) is 35.1 Å². The summed E-state index contributed by atoms with van der Waals surface area (Å²) in [4.78, 5) is 27.7. The molecule has 0 saturated heterocycles. The van der Waals surface area contributed by atoms with Gasteiger partial charge in [-0.3, -0.25) is 4.79 Å². The van der Waals surface area contributed by atoms with Gasteiger partial charge in [-0.1, -0.05) is 0 Å². The van der Waals surface area contributed by atoms with Crippen LogP contribution >= 0.6 is 0 Å². The van der Waals surface area contributed by atoms with Crippen LogP contribution in [0.4, 0.5) is 35.0 Å². The molecular formula is C18H16F3N5O2. The predicted octanol–water partition coefficient (Wildman–Crippen LogP) is 4.26. The highest BCUT2D eigenvalue weighted by molar-refractivity contribution is 6.00. The Morgan fingerprint density at radius 1 is 0.929 bits per heavy atom. The number of carbonyl (C=O) groups excluding carboxylic acids is 2. The molecule has 0 unspecified atom stereocenters. The Balaban J connectivity index is 1.51. The van der Waals surface area contributed by atoms with E-state index in [2.05, 4.69) is 20.9 Å². The Hall–Kier alpha value is -3.56. The van der Waals surface area contributed by atoms with Crippen molar-refractivity contribution in [3.63, 3.8) is 0 Å². The molecule has 0 spiro atoms. The first-order chi connectivity index (χ1) is 13.3. The average Bonchev–Trinajstić information content (AvgIpc) is 3.09. The summed E-state index contributed by atoms with van der Waals surface area (Å²) in [5, 5.41) is 7.67. The van der Waals surface area contributed by atoms with Crippen LogP contribution in [0.2, 0.25) is 0 Å². The smallest absolute Gasteiger partial charge is 0.326 e. The molecule has 1 aromatic carbocycles. The summed E-state index contributed by atoms with van der Waals surface area (Å²) >= 11 is 0. The normalized spacial score (nSPS) is 11.2. The van der Waals surface area contributed by atoms with E-state index in [0.29, 0.717) is 17.1 Å². The molecule has 7 nitrogen and oxygen atoms in total. The summed E-state index contributed by atoms with van der Waals surface area (Å²) in [5.74, 6) is -0.731. The zero-order valence-corrected chi connectivity index (χ0v) is 14.5. The highest BCUT2D eigenvalue weighted by Gasteiger charge is 2.27. The molecule has 0 saturated carbocycles. The van der Waals surface area contributed by atoms with Crippen molar-refractivity contribution >= 4 is 34.6 Å². The molecule has 2 heterocycles. The molecule has 0 aliphatic carbocycles. The number of imidazole rings is 1. The van der Waals surface area contributed by atoms with E-state index in [9.17, 15) is 22.8 Å². The van der Waals surface area contributed by atoms with E-state index >= 15 is 0 Å². The number of hydrogen-bond donors (Lipinski definition) is 3. The van der Waals surface area contributed by atoms with Crippen molar-refractivity contribution in [2.45, 2.75) is 19.0 Å². The van der Waals surface area contributed by atoms with Crippen LogP contribution in [0.5, 0.6) is 0 Å². The van der Waals surface area contributed by atoms with Gasteiger partial charge in [-0.25, -0.2) is 9.78 Å². The van der Waals surface area contributed by atoms with Gasteiger partial charge < -0.3 is 20.4 Å². The molecule has 10 heteroatoms. The summed E-state index contributed by atoms with van der Waals surface area (Å²) in [6.45, 7) is 0. The molecule has 3 amide bonds. The van der Waals surface area contributed by atoms with Crippen molar-refractivity contribution in [2.75, 3.05) is 16.0 Å². The summed E-state index contributed by atoms with van der Waals surface area (Å²) in [7, 11) is 0. The van der Waals surface area contributed by atoms with Gasteiger partial charge >= 0.3 is 12.2 Å². The number of halogens is 3. The van der Waals surface area contributed by atoms with Gasteiger partial charge in [0.2, 0.25) is 5.91 Å². The van der Waals surface area contributed by atoms with Gasteiger partial charge in [-0.05, 0) is 36.4 Å². The Bertz CT molecular complexity index is 983. The van der Waals surface area contributed by atoms with Crippen LogP contribution in [0, 0.1) is 0 Å². The van der Waals surface area contributed by atoms with Crippen molar-refractivity contribution in [1.29, 1.82) is 0 Å². The molecule has 2 aromatic heterocycles. The lowest BCUT2D eigenvalue weighted by molar-refractivity contribution is -0.142. The molecule has 28 heavy (non-hydrogen) atoms. The molecule has 146 valence electrons. The lowest BCUT2D eigenvalue weighted by Gasteiger charge is -2.10. The Labute approximate surface area is 157 Å². The first-order valence-corrected chi connectivity index (χ1v) is 8.26. The zero-order valence-electron chi connectivity index (χ0n) is 14.5. The van der Waals surface area contributed by atoms with Crippen molar-refractivity contribution in [3.8, 4) is 0 Å². The topological polar surface area (TPSA) is 87.5 Å². The molecule has 3 rings (SSSR count). The maximum absolute atomic E-state index is 12.1. The van der Waals surface area contributed by atoms with Crippen LogP contribution in [-0.4, -0.2) is 27.5 Å². The molecule has 3 aromatic rings. The van der Waals surface area contributed by atoms with Gasteiger partial charge in [0.05, 0.1) is 12.1 Å². The van der Waals surface area contributed by atoms with Crippen molar-refractivity contribution in [3.05, 3.63) is 55.0 Å². The molecule has 0 bridgehead atoms. The zero-order chi connectivity index (χ0) is 20.1. The van der Waals surface area contributed by atoms with E-state index in [1.165, 1.54) is 24.3 Å². The lowest BCUT2D eigenvalue weighted by atomic mass is 10.2. The number of benzene rings is 1. The van der Waals surface area contributed by atoms with E-state index in [0.717, 1.165) is 5.65 Å². The summed E-state index contributed by atoms with van der Waals surface area (Å²) < 4.78 is 38.1. The van der Waals surface area contributed by atoms with Crippen molar-refractivity contribution < 1.29 is 22.8 Å². The molecular weight excluding hydrogens is 375 g/mol. The van der Waals surface area contributed by atoms with Crippen LogP contribution in [0.15, 0.2) is 55.0 Å². The molecule has 3 N–H and O–H groups in total. The summed E-state index contributed by atoms with van der Waals surface area (Å²) in [5.41, 5.74) is 2.11. The van der Waals surface area contributed by atoms with Gasteiger partial charge in [0.25, 0.3) is 0 Å². The largest absolute Gasteiger partial charge is 0.389 e. The fraction of sp³-hybridized carbons (Fsp3) is 0.167. The number of pyridine rings is 1. The first-order valence-electron chi connectivity index (χ1n) is 8.26. The lowest BCUT2D eigenvalue weighted by Crippen LogP contribution is -2.19. The highest BCUT2D eigenvalue weighted by atomic mass is 19.4. The third-order valence-electron chi connectivity index (χ3n) is 3.71. The van der Waals surface area contributed by atoms with Gasteiger partial charge in [-0.15, -0.1) is 0 Å². The third kappa shape index (κ3) is 5.47. The monoisotopic (exact) mass is 391 g/mol. The van der Waals surface area contributed by atoms with Gasteiger partial charge in [0.1, 0.15) is 5.65 Å². The number of urea groups is 1. The number of nitrogens with one attached hydrogen (secondary N) is 3. The second-order valence-corrected chi connectivity index (χ2v) is 5.93. The number of rotatable bonds is 5. The minimum Gasteiger partial charge on any atom is -0.326 e. The van der Waals surface area contributed by atoms with Crippen LogP contribution in [0.25, 0.3) is 5.65 Å². The predicted molar refractivity (Wildman–Crippen MR) is 98.2 cm³/mol. The average molecular weight is 391 g/mol. The third-order valence-corrected chi connectivity index (χ3v) is 3.71. The van der Waals surface area contributed by atoms with E-state index in [4.69, 9.17) is 0 Å². The van der Waals surface area contributed by atoms with Gasteiger partial charge in [-0.2, -0.15) is 13.2 Å². The van der Waals surface area contributed by atoms with Crippen LogP contribution in [0.3, 0.4) is 0 Å². The SMILES string of the molecule is O=C(CCC(F)(F)F)Nc1ccc(NC(=O)Nc2ccc3nccn3c2)cc1. The van der Waals surface area contributed by atoms with Crippen molar-refractivity contribution in [2.24, 2.45) is 0 Å². The maximum atomic E-state index is 12.1. The summed E-state index contributed by atoms with van der Waals surface area (Å²) in [6.07, 6.45) is -1.10. The fourth-order valence-corrected chi connectivity index (χ4v) is 2.40.